The normalized spacial score (nSPS) is 9.34. The molecule has 4 aromatic carbocycles. The van der Waals surface area contributed by atoms with Crippen LogP contribution < -0.4 is 20.1 Å². The van der Waals surface area contributed by atoms with Crippen molar-refractivity contribution in [1.29, 1.82) is 0 Å². The second kappa shape index (κ2) is 31.4. The third-order valence-electron chi connectivity index (χ3n) is 6.00. The third kappa shape index (κ3) is 23.0. The van der Waals surface area contributed by atoms with E-state index in [2.05, 4.69) is 10.6 Å². The fourth-order valence-electron chi connectivity index (χ4n) is 4.05. The minimum Gasteiger partial charge on any atom is -0.483 e. The van der Waals surface area contributed by atoms with E-state index in [0.717, 1.165) is 22.3 Å². The Hall–Kier alpha value is -5.31. The van der Waals surface area contributed by atoms with Crippen LogP contribution in [0, 0.1) is 0 Å². The number of carbonyl (C=O) groups excluding carboxylic acids is 2. The van der Waals surface area contributed by atoms with Crippen LogP contribution in [0.15, 0.2) is 109 Å². The molecule has 4 rings (SSSR count). The monoisotopic (exact) mass is 732 g/mol. The minimum absolute atomic E-state index is 0.0661. The molecule has 0 atom stereocenters. The van der Waals surface area contributed by atoms with E-state index in [0.29, 0.717) is 31.0 Å². The number of hydrogen-bond acceptors (Lipinski definition) is 6. The molecular weight excluding hydrogens is 668 g/mol. The minimum atomic E-state index is -0.979. The summed E-state index contributed by atoms with van der Waals surface area (Å²) in [6.07, 6.45) is 0.144. The zero-order chi connectivity index (χ0) is 40.5. The van der Waals surface area contributed by atoms with Gasteiger partial charge in [-0.25, -0.2) is 9.59 Å². The van der Waals surface area contributed by atoms with Gasteiger partial charge in [0, 0.05) is 24.2 Å². The van der Waals surface area contributed by atoms with E-state index >= 15 is 0 Å². The Morgan fingerprint density at radius 3 is 1.34 bits per heavy atom. The first-order chi connectivity index (χ1) is 25.6. The zero-order valence-electron chi connectivity index (χ0n) is 33.8. The molecule has 0 aliphatic carbocycles. The van der Waals surface area contributed by atoms with Crippen molar-refractivity contribution < 1.29 is 33.7 Å². The fourth-order valence-corrected chi connectivity index (χ4v) is 4.05. The molecule has 0 aromatic heterocycles. The van der Waals surface area contributed by atoms with Gasteiger partial charge in [-0.05, 0) is 50.5 Å². The van der Waals surface area contributed by atoms with Gasteiger partial charge >= 0.3 is 12.1 Å². The van der Waals surface area contributed by atoms with Gasteiger partial charge < -0.3 is 30.0 Å². The van der Waals surface area contributed by atoms with Crippen LogP contribution in [0.4, 0.5) is 4.79 Å². The number of carboxylic acids is 1. The third-order valence-corrected chi connectivity index (χ3v) is 6.00. The molecule has 0 fully saturated rings. The topological polar surface area (TPSA) is 123 Å². The van der Waals surface area contributed by atoms with Crippen molar-refractivity contribution >= 4 is 18.0 Å². The van der Waals surface area contributed by atoms with Gasteiger partial charge in [-0.1, -0.05) is 152 Å². The number of aliphatic carboxylic acids is 1. The number of alkyl carbamates (subject to hydrolysis) is 1. The van der Waals surface area contributed by atoms with Gasteiger partial charge in [0.25, 0.3) is 5.91 Å². The quantitative estimate of drug-likeness (QED) is 0.124. The molecule has 53 heavy (non-hydrogen) atoms. The molecule has 0 aliphatic heterocycles. The number of amides is 2. The van der Waals surface area contributed by atoms with E-state index in [-0.39, 0.29) is 19.1 Å². The van der Waals surface area contributed by atoms with E-state index in [9.17, 15) is 14.4 Å². The van der Waals surface area contributed by atoms with E-state index < -0.39 is 17.7 Å². The number of benzene rings is 4. The lowest BCUT2D eigenvalue weighted by atomic mass is 10.1. The number of ether oxygens (including phenoxy) is 3. The summed E-state index contributed by atoms with van der Waals surface area (Å²) in [5.74, 6) is 0.0598. The summed E-state index contributed by atoms with van der Waals surface area (Å²) in [6.45, 7) is 21.9. The van der Waals surface area contributed by atoms with Crippen molar-refractivity contribution in [1.82, 2.24) is 10.6 Å². The van der Waals surface area contributed by atoms with Crippen LogP contribution >= 0.6 is 0 Å². The zero-order valence-corrected chi connectivity index (χ0v) is 33.8. The van der Waals surface area contributed by atoms with Crippen molar-refractivity contribution in [3.8, 4) is 33.8 Å². The van der Waals surface area contributed by atoms with E-state index in [1.54, 1.807) is 6.07 Å². The van der Waals surface area contributed by atoms with Crippen LogP contribution in [0.25, 0.3) is 22.3 Å². The van der Waals surface area contributed by atoms with Gasteiger partial charge in [-0.15, -0.1) is 0 Å². The summed E-state index contributed by atoms with van der Waals surface area (Å²) in [7, 11) is 0. The number of carboxylic acid groups (broad SMARTS) is 1. The molecule has 0 heterocycles. The maximum Gasteiger partial charge on any atom is 0.407 e. The number of nitrogens with one attached hydrogen (secondary N) is 2. The molecule has 4 aromatic rings. The highest BCUT2D eigenvalue weighted by Gasteiger charge is 2.15. The average molecular weight is 733 g/mol. The molecule has 9 nitrogen and oxygen atoms in total. The standard InChI is InChI=1S/C22H28N2O4.C14H12O3.4C2H6/c1-22(2,3)28-21(26)24-15-9-14-23-20(25)16-27-19-13-8-7-12-18(19)17-10-5-4-6-11-17;15-14(16)10-17-13-9-5-4-8-12(13)11-6-2-1-3-7-11;4*1-2/h4-8,10-13H,9,14-16H2,1-3H3,(H,23,25)(H,24,26);1-9H,10H2,(H,15,16);4*1-2H3. The molecule has 0 bridgehead atoms. The van der Waals surface area contributed by atoms with Gasteiger partial charge in [0.2, 0.25) is 0 Å². The van der Waals surface area contributed by atoms with Gasteiger partial charge in [-0.2, -0.15) is 0 Å². The van der Waals surface area contributed by atoms with Crippen LogP contribution in [0.1, 0.15) is 82.6 Å². The van der Waals surface area contributed by atoms with Crippen molar-refractivity contribution in [3.05, 3.63) is 109 Å². The lowest BCUT2D eigenvalue weighted by Gasteiger charge is -2.19. The summed E-state index contributed by atoms with van der Waals surface area (Å²) in [5.41, 5.74) is 3.36. The fraction of sp³-hybridized carbons (Fsp3) is 0.386. The Bertz CT molecular complexity index is 1510. The van der Waals surface area contributed by atoms with Crippen LogP contribution in [0.3, 0.4) is 0 Å². The molecule has 0 aliphatic rings. The van der Waals surface area contributed by atoms with Crippen molar-refractivity contribution in [2.24, 2.45) is 0 Å². The molecular formula is C44H64N2O7. The molecule has 2 amide bonds. The Morgan fingerprint density at radius 1 is 0.547 bits per heavy atom. The highest BCUT2D eigenvalue weighted by atomic mass is 16.6. The predicted molar refractivity (Wildman–Crippen MR) is 220 cm³/mol. The first-order valence-electron chi connectivity index (χ1n) is 18.6. The van der Waals surface area contributed by atoms with Crippen molar-refractivity contribution in [2.75, 3.05) is 26.3 Å². The summed E-state index contributed by atoms with van der Waals surface area (Å²) < 4.78 is 16.1. The molecule has 0 saturated heterocycles. The first-order valence-corrected chi connectivity index (χ1v) is 18.6. The SMILES string of the molecule is CC.CC.CC.CC.CC(C)(C)OC(=O)NCCCNC(=O)COc1ccccc1-c1ccccc1.O=C(O)COc1ccccc1-c1ccccc1. The largest absolute Gasteiger partial charge is 0.483 e. The number of carbonyl (C=O) groups is 3. The summed E-state index contributed by atoms with van der Waals surface area (Å²) in [6, 6.07) is 34.6. The predicted octanol–water partition coefficient (Wildman–Crippen LogP) is 10.7. The molecule has 0 saturated carbocycles. The molecule has 292 valence electrons. The van der Waals surface area contributed by atoms with E-state index in [1.807, 2.05) is 179 Å². The molecule has 0 radical (unpaired) electrons. The van der Waals surface area contributed by atoms with Crippen molar-refractivity contribution in [2.45, 2.75) is 88.2 Å². The molecule has 3 N–H and O–H groups in total. The van der Waals surface area contributed by atoms with Crippen LogP contribution in [0.5, 0.6) is 11.5 Å². The van der Waals surface area contributed by atoms with Gasteiger partial charge in [-0.3, -0.25) is 4.79 Å². The second-order valence-corrected chi connectivity index (χ2v) is 10.8. The lowest BCUT2D eigenvalue weighted by Crippen LogP contribution is -2.35. The Morgan fingerprint density at radius 2 is 0.925 bits per heavy atom. The first kappa shape index (κ1) is 49.8. The molecule has 0 spiro atoms. The molecule has 9 heteroatoms. The smallest absolute Gasteiger partial charge is 0.407 e. The highest BCUT2D eigenvalue weighted by molar-refractivity contribution is 5.78. The Kier molecular flexibility index (Phi) is 29.5. The van der Waals surface area contributed by atoms with Gasteiger partial charge in [0.1, 0.15) is 17.1 Å². The van der Waals surface area contributed by atoms with E-state index in [4.69, 9.17) is 19.3 Å². The summed E-state index contributed by atoms with van der Waals surface area (Å²) in [5, 5.41) is 14.0. The van der Waals surface area contributed by atoms with Crippen LogP contribution in [-0.4, -0.2) is 55.0 Å². The van der Waals surface area contributed by atoms with Gasteiger partial charge in [0.05, 0.1) is 0 Å². The maximum absolute atomic E-state index is 12.0. The van der Waals surface area contributed by atoms with Gasteiger partial charge in [0.15, 0.2) is 13.2 Å². The summed E-state index contributed by atoms with van der Waals surface area (Å²) >= 11 is 0. The Balaban J connectivity index is 0. The molecule has 0 unspecified atom stereocenters. The number of para-hydroxylation sites is 2. The summed E-state index contributed by atoms with van der Waals surface area (Å²) in [4.78, 5) is 34.0. The lowest BCUT2D eigenvalue weighted by molar-refractivity contribution is -0.139. The van der Waals surface area contributed by atoms with E-state index in [1.165, 1.54) is 0 Å². The highest BCUT2D eigenvalue weighted by Crippen LogP contribution is 2.30. The van der Waals surface area contributed by atoms with Crippen LogP contribution in [0.2, 0.25) is 0 Å². The number of hydrogen-bond donors (Lipinski definition) is 3. The van der Waals surface area contributed by atoms with Crippen LogP contribution in [-0.2, 0) is 14.3 Å². The second-order valence-electron chi connectivity index (χ2n) is 10.8. The average Bonchev–Trinajstić information content (AvgIpc) is 3.19. The maximum atomic E-state index is 12.0. The van der Waals surface area contributed by atoms with Crippen molar-refractivity contribution in [3.63, 3.8) is 0 Å². The number of rotatable bonds is 12. The Labute approximate surface area is 319 Å².